The third-order valence-corrected chi connectivity index (χ3v) is 5.07. The molecule has 0 fully saturated rings. The molecule has 0 aliphatic rings. The molecule has 2 aromatic carbocycles. The van der Waals surface area contributed by atoms with Gasteiger partial charge in [0.15, 0.2) is 0 Å². The predicted octanol–water partition coefficient (Wildman–Crippen LogP) is 4.97. The molecule has 4 nitrogen and oxygen atoms in total. The molecule has 0 saturated heterocycles. The number of Topliss-reactive ketones (excluding diaryl/α,β-unsaturated/α-hetero) is 1. The van der Waals surface area contributed by atoms with Crippen LogP contribution in [0.1, 0.15) is 22.3 Å². The number of ketones is 1. The number of hydrogen-bond donors (Lipinski definition) is 1. The van der Waals surface area contributed by atoms with Crippen LogP contribution in [0.15, 0.2) is 40.9 Å². The first-order valence-corrected chi connectivity index (χ1v) is 9.53. The van der Waals surface area contributed by atoms with Gasteiger partial charge in [0.2, 0.25) is 5.78 Å². The maximum absolute atomic E-state index is 13.1. The Hall–Kier alpha value is -2.56. The van der Waals surface area contributed by atoms with E-state index in [0.29, 0.717) is 24.3 Å². The Morgan fingerprint density at radius 2 is 1.45 bits per heavy atom. The van der Waals surface area contributed by atoms with E-state index < -0.39 is 51.6 Å². The average molecular weight is 512 g/mol. The zero-order chi connectivity index (χ0) is 23.4. The molecule has 1 N–H and O–H groups in total. The highest BCUT2D eigenvalue weighted by molar-refractivity contribution is 9.10. The zero-order valence-electron chi connectivity index (χ0n) is 16.0. The van der Waals surface area contributed by atoms with Crippen molar-refractivity contribution in [2.24, 2.45) is 0 Å². The highest BCUT2D eigenvalue weighted by atomic mass is 79.9. The van der Waals surface area contributed by atoms with Crippen molar-refractivity contribution in [3.8, 4) is 5.75 Å². The molecule has 0 unspecified atom stereocenters. The Morgan fingerprint density at radius 1 is 0.935 bits per heavy atom. The molecule has 1 amide bonds. The van der Waals surface area contributed by atoms with Crippen molar-refractivity contribution in [1.29, 1.82) is 0 Å². The van der Waals surface area contributed by atoms with Gasteiger partial charge in [0.1, 0.15) is 5.75 Å². The van der Waals surface area contributed by atoms with E-state index in [1.807, 2.05) is 0 Å². The highest BCUT2D eigenvalue weighted by Crippen LogP contribution is 2.43. The van der Waals surface area contributed by atoms with Crippen LogP contribution in [0.3, 0.4) is 0 Å². The van der Waals surface area contributed by atoms with Crippen molar-refractivity contribution in [2.75, 3.05) is 13.7 Å². The maximum Gasteiger partial charge on any atom is 0.417 e. The lowest BCUT2D eigenvalue weighted by molar-refractivity contribution is -0.144. The second-order valence-electron chi connectivity index (χ2n) is 6.45. The second kappa shape index (κ2) is 9.71. The minimum atomic E-state index is -5.08. The number of benzene rings is 2. The summed E-state index contributed by atoms with van der Waals surface area (Å²) in [6, 6.07) is 7.72. The standard InChI is InChI=1S/C20H16BrF6NO3/c1-31-13-4-2-11(3-5-13)6-7-28-18(30)16(29)10-12-8-14(19(22,23)24)17(21)15(9-12)20(25,26)27/h2-5,8-9H,6-7,10H2,1H3,(H,28,30). The van der Waals surface area contributed by atoms with Gasteiger partial charge in [0.25, 0.3) is 5.91 Å². The topological polar surface area (TPSA) is 55.4 Å². The number of rotatable bonds is 7. The molecule has 0 saturated carbocycles. The van der Waals surface area contributed by atoms with Crippen LogP contribution in [0.5, 0.6) is 5.75 Å². The van der Waals surface area contributed by atoms with Crippen LogP contribution in [0, 0.1) is 0 Å². The minimum Gasteiger partial charge on any atom is -0.497 e. The lowest BCUT2D eigenvalue weighted by Crippen LogP contribution is -2.33. The van der Waals surface area contributed by atoms with E-state index >= 15 is 0 Å². The smallest absolute Gasteiger partial charge is 0.417 e. The van der Waals surface area contributed by atoms with Gasteiger partial charge in [-0.05, 0) is 57.7 Å². The molecular weight excluding hydrogens is 496 g/mol. The van der Waals surface area contributed by atoms with Crippen LogP contribution < -0.4 is 10.1 Å². The molecule has 2 aromatic rings. The fourth-order valence-electron chi connectivity index (χ4n) is 2.68. The van der Waals surface area contributed by atoms with Crippen LogP contribution in [0.2, 0.25) is 0 Å². The minimum absolute atomic E-state index is 0.0544. The Balaban J connectivity index is 2.08. The van der Waals surface area contributed by atoms with Crippen LogP contribution in [-0.4, -0.2) is 25.3 Å². The Bertz CT molecular complexity index is 920. The molecule has 0 atom stereocenters. The van der Waals surface area contributed by atoms with Gasteiger partial charge in [-0.15, -0.1) is 0 Å². The SMILES string of the molecule is COc1ccc(CCNC(=O)C(=O)Cc2cc(C(F)(F)F)c(Br)c(C(F)(F)F)c2)cc1. The lowest BCUT2D eigenvalue weighted by atomic mass is 10.0. The van der Waals surface area contributed by atoms with E-state index in [1.165, 1.54) is 7.11 Å². The molecule has 0 aromatic heterocycles. The zero-order valence-corrected chi connectivity index (χ0v) is 17.5. The van der Waals surface area contributed by atoms with Gasteiger partial charge in [0, 0.05) is 17.4 Å². The monoisotopic (exact) mass is 511 g/mol. The van der Waals surface area contributed by atoms with E-state index in [0.717, 1.165) is 5.56 Å². The van der Waals surface area contributed by atoms with E-state index in [9.17, 15) is 35.9 Å². The van der Waals surface area contributed by atoms with E-state index in [4.69, 9.17) is 4.74 Å². The van der Waals surface area contributed by atoms with Crippen LogP contribution >= 0.6 is 15.9 Å². The van der Waals surface area contributed by atoms with Gasteiger partial charge in [0.05, 0.1) is 18.2 Å². The third-order valence-electron chi connectivity index (χ3n) is 4.22. The van der Waals surface area contributed by atoms with Gasteiger partial charge in [-0.25, -0.2) is 0 Å². The quantitative estimate of drug-likeness (QED) is 0.422. The van der Waals surface area contributed by atoms with Crippen molar-refractivity contribution in [1.82, 2.24) is 5.32 Å². The van der Waals surface area contributed by atoms with Gasteiger partial charge >= 0.3 is 12.4 Å². The molecule has 11 heteroatoms. The molecule has 0 aliphatic heterocycles. The molecule has 0 spiro atoms. The fraction of sp³-hybridized carbons (Fsp3) is 0.300. The van der Waals surface area contributed by atoms with Crippen LogP contribution in [-0.2, 0) is 34.8 Å². The van der Waals surface area contributed by atoms with E-state index in [-0.39, 0.29) is 6.54 Å². The number of nitrogens with one attached hydrogen (secondary N) is 1. The number of methoxy groups -OCH3 is 1. The first kappa shape index (κ1) is 24.7. The first-order valence-electron chi connectivity index (χ1n) is 8.73. The maximum atomic E-state index is 13.1. The molecule has 31 heavy (non-hydrogen) atoms. The average Bonchev–Trinajstić information content (AvgIpc) is 2.67. The van der Waals surface area contributed by atoms with Gasteiger partial charge in [-0.2, -0.15) is 26.3 Å². The normalized spacial score (nSPS) is 11.9. The Labute approximate surface area is 181 Å². The van der Waals surface area contributed by atoms with Crippen molar-refractivity contribution in [3.63, 3.8) is 0 Å². The van der Waals surface area contributed by atoms with E-state index in [2.05, 4.69) is 21.2 Å². The summed E-state index contributed by atoms with van der Waals surface area (Å²) >= 11 is 2.34. The summed E-state index contributed by atoms with van der Waals surface area (Å²) in [5.41, 5.74) is -2.90. The Kier molecular flexibility index (Phi) is 7.74. The van der Waals surface area contributed by atoms with Gasteiger partial charge in [-0.1, -0.05) is 12.1 Å². The third kappa shape index (κ3) is 6.71. The van der Waals surface area contributed by atoms with Crippen LogP contribution in [0.25, 0.3) is 0 Å². The Morgan fingerprint density at radius 3 is 1.90 bits per heavy atom. The molecule has 2 rings (SSSR count). The summed E-state index contributed by atoms with van der Waals surface area (Å²) < 4.78 is 82.4. The van der Waals surface area contributed by atoms with Gasteiger partial charge < -0.3 is 10.1 Å². The summed E-state index contributed by atoms with van der Waals surface area (Å²) in [6.07, 6.45) is -10.7. The lowest BCUT2D eigenvalue weighted by Gasteiger charge is -2.17. The van der Waals surface area contributed by atoms with Crippen molar-refractivity contribution in [2.45, 2.75) is 25.2 Å². The van der Waals surface area contributed by atoms with E-state index in [1.54, 1.807) is 24.3 Å². The van der Waals surface area contributed by atoms with Crippen molar-refractivity contribution < 1.29 is 40.7 Å². The fourth-order valence-corrected chi connectivity index (χ4v) is 3.35. The molecule has 0 radical (unpaired) electrons. The van der Waals surface area contributed by atoms with Crippen molar-refractivity contribution >= 4 is 27.6 Å². The molecule has 0 aliphatic carbocycles. The number of hydrogen-bond acceptors (Lipinski definition) is 3. The highest BCUT2D eigenvalue weighted by Gasteiger charge is 2.40. The molecule has 0 heterocycles. The number of halogens is 7. The summed E-state index contributed by atoms with van der Waals surface area (Å²) in [5.74, 6) is -1.62. The predicted molar refractivity (Wildman–Crippen MR) is 103 cm³/mol. The van der Waals surface area contributed by atoms with Gasteiger partial charge in [-0.3, -0.25) is 9.59 Å². The number of ether oxygens (including phenoxy) is 1. The summed E-state index contributed by atoms with van der Waals surface area (Å²) in [6.45, 7) is 0.0544. The number of carbonyl (C=O) groups is 2. The first-order chi connectivity index (χ1) is 14.3. The second-order valence-corrected chi connectivity index (χ2v) is 7.25. The van der Waals surface area contributed by atoms with Crippen molar-refractivity contribution in [3.05, 3.63) is 63.1 Å². The summed E-state index contributed by atoms with van der Waals surface area (Å²) in [5, 5.41) is 2.31. The molecule has 0 bridgehead atoms. The summed E-state index contributed by atoms with van der Waals surface area (Å²) in [7, 11) is 1.50. The number of carbonyl (C=O) groups excluding carboxylic acids is 2. The number of amides is 1. The largest absolute Gasteiger partial charge is 0.497 e. The number of alkyl halides is 6. The summed E-state index contributed by atoms with van der Waals surface area (Å²) in [4.78, 5) is 24.0. The van der Waals surface area contributed by atoms with Crippen LogP contribution in [0.4, 0.5) is 26.3 Å². The molecular formula is C20H16BrF6NO3. The molecule has 168 valence electrons.